The molecule has 22 heavy (non-hydrogen) atoms. The van der Waals surface area contributed by atoms with Gasteiger partial charge in [-0.3, -0.25) is 0 Å². The van der Waals surface area contributed by atoms with Crippen LogP contribution in [0.1, 0.15) is 19.8 Å². The van der Waals surface area contributed by atoms with Crippen molar-refractivity contribution in [2.75, 3.05) is 25.0 Å². The van der Waals surface area contributed by atoms with E-state index in [1.165, 1.54) is 23.1 Å². The van der Waals surface area contributed by atoms with Gasteiger partial charge in [0.15, 0.2) is 5.75 Å². The summed E-state index contributed by atoms with van der Waals surface area (Å²) in [6.45, 7) is 2.23. The summed E-state index contributed by atoms with van der Waals surface area (Å²) in [5, 5.41) is 11.3. The summed E-state index contributed by atoms with van der Waals surface area (Å²) in [5.41, 5.74) is -0.0794. The smallest absolute Gasteiger partial charge is 0.404 e. The lowest BCUT2D eigenvalue weighted by molar-refractivity contribution is -0.274. The summed E-state index contributed by atoms with van der Waals surface area (Å²) in [6.07, 6.45) is -3.26. The summed E-state index contributed by atoms with van der Waals surface area (Å²) in [4.78, 5) is 13.4. The van der Waals surface area contributed by atoms with Gasteiger partial charge >= 0.3 is 12.4 Å². The number of alkyl halides is 3. The second-order valence-corrected chi connectivity index (χ2v) is 4.54. The van der Waals surface area contributed by atoms with E-state index in [9.17, 15) is 18.0 Å². The number of carbonyl (C=O) groups excluding carboxylic acids is 1. The Balaban J connectivity index is 2.81. The molecule has 0 heterocycles. The van der Waals surface area contributed by atoms with Crippen molar-refractivity contribution in [2.24, 2.45) is 0 Å². The monoisotopic (exact) mass is 320 g/mol. The van der Waals surface area contributed by atoms with Crippen molar-refractivity contribution in [3.8, 4) is 5.75 Å². The number of amides is 2. The van der Waals surface area contributed by atoms with E-state index in [1.54, 1.807) is 0 Å². The number of hydrogen-bond donors (Lipinski definition) is 2. The maximum atomic E-state index is 12.3. The van der Waals surface area contributed by atoms with Gasteiger partial charge in [-0.2, -0.15) is 0 Å². The van der Waals surface area contributed by atoms with E-state index in [-0.39, 0.29) is 18.8 Å². The SMILES string of the molecule is CCCCN(CCO)C(=O)Nc1ccccc1OC(F)(F)F. The number of hydrogen-bond acceptors (Lipinski definition) is 3. The first kappa shape index (κ1) is 18.1. The summed E-state index contributed by atoms with van der Waals surface area (Å²) >= 11 is 0. The van der Waals surface area contributed by atoms with E-state index < -0.39 is 18.1 Å². The molecule has 124 valence electrons. The van der Waals surface area contributed by atoms with Gasteiger partial charge in [-0.15, -0.1) is 13.2 Å². The number of aliphatic hydroxyl groups is 1. The number of para-hydroxylation sites is 2. The Bertz CT molecular complexity index is 481. The zero-order valence-electron chi connectivity index (χ0n) is 12.2. The van der Waals surface area contributed by atoms with Crippen LogP contribution in [-0.4, -0.2) is 42.1 Å². The summed E-state index contributed by atoms with van der Waals surface area (Å²) in [7, 11) is 0. The highest BCUT2D eigenvalue weighted by Crippen LogP contribution is 2.30. The van der Waals surface area contributed by atoms with E-state index in [0.29, 0.717) is 6.54 Å². The van der Waals surface area contributed by atoms with Crippen LogP contribution in [-0.2, 0) is 0 Å². The fourth-order valence-corrected chi connectivity index (χ4v) is 1.76. The van der Waals surface area contributed by atoms with Gasteiger partial charge in [0.1, 0.15) is 0 Å². The lowest BCUT2D eigenvalue weighted by atomic mass is 10.3. The summed E-state index contributed by atoms with van der Waals surface area (Å²) in [6, 6.07) is 4.71. The zero-order valence-corrected chi connectivity index (χ0v) is 12.2. The Morgan fingerprint density at radius 3 is 2.59 bits per heavy atom. The number of urea groups is 1. The molecule has 0 aromatic heterocycles. The molecule has 5 nitrogen and oxygen atoms in total. The molecular weight excluding hydrogens is 301 g/mol. The molecule has 0 saturated heterocycles. The Labute approximate surface area is 126 Å². The minimum atomic E-state index is -4.84. The minimum absolute atomic E-state index is 0.0794. The number of benzene rings is 1. The number of aliphatic hydroxyl groups excluding tert-OH is 1. The molecule has 0 saturated carbocycles. The van der Waals surface area contributed by atoms with Crippen molar-refractivity contribution in [3.05, 3.63) is 24.3 Å². The summed E-state index contributed by atoms with van der Waals surface area (Å²) < 4.78 is 40.9. The lowest BCUT2D eigenvalue weighted by Gasteiger charge is -2.23. The predicted molar refractivity (Wildman–Crippen MR) is 75.7 cm³/mol. The Hall–Kier alpha value is -1.96. The highest BCUT2D eigenvalue weighted by Gasteiger charge is 2.32. The summed E-state index contributed by atoms with van der Waals surface area (Å²) in [5.74, 6) is -0.484. The number of carbonyl (C=O) groups is 1. The van der Waals surface area contributed by atoms with Crippen molar-refractivity contribution in [2.45, 2.75) is 26.1 Å². The van der Waals surface area contributed by atoms with Crippen molar-refractivity contribution in [1.82, 2.24) is 4.90 Å². The first-order valence-electron chi connectivity index (χ1n) is 6.89. The number of ether oxygens (including phenoxy) is 1. The Morgan fingerprint density at radius 2 is 2.00 bits per heavy atom. The molecule has 0 spiro atoms. The van der Waals surface area contributed by atoms with E-state index >= 15 is 0 Å². The van der Waals surface area contributed by atoms with E-state index in [2.05, 4.69) is 10.1 Å². The standard InChI is InChI=1S/C14H19F3N2O3/c1-2-3-8-19(9-10-20)13(21)18-11-6-4-5-7-12(11)22-14(15,16)17/h4-7,20H,2-3,8-10H2,1H3,(H,18,21). The Kier molecular flexibility index (Phi) is 6.97. The molecule has 0 fully saturated rings. The second kappa shape index (κ2) is 8.47. The maximum absolute atomic E-state index is 12.3. The molecule has 1 aromatic rings. The molecule has 0 aliphatic heterocycles. The average Bonchev–Trinajstić information content (AvgIpc) is 2.44. The van der Waals surface area contributed by atoms with Crippen molar-refractivity contribution in [3.63, 3.8) is 0 Å². The van der Waals surface area contributed by atoms with Crippen LogP contribution in [0, 0.1) is 0 Å². The number of halogens is 3. The third-order valence-electron chi connectivity index (χ3n) is 2.79. The quantitative estimate of drug-likeness (QED) is 0.811. The van der Waals surface area contributed by atoms with Crippen LogP contribution < -0.4 is 10.1 Å². The molecule has 0 radical (unpaired) electrons. The molecule has 0 aliphatic carbocycles. The average molecular weight is 320 g/mol. The first-order valence-corrected chi connectivity index (χ1v) is 6.89. The van der Waals surface area contributed by atoms with Gasteiger partial charge < -0.3 is 20.1 Å². The number of unbranched alkanes of at least 4 members (excludes halogenated alkanes) is 1. The van der Waals surface area contributed by atoms with Gasteiger partial charge in [0.2, 0.25) is 0 Å². The third kappa shape index (κ3) is 6.21. The van der Waals surface area contributed by atoms with Crippen LogP contribution in [0.4, 0.5) is 23.7 Å². The highest BCUT2D eigenvalue weighted by atomic mass is 19.4. The fourth-order valence-electron chi connectivity index (χ4n) is 1.76. The zero-order chi connectivity index (χ0) is 16.6. The van der Waals surface area contributed by atoms with Gasteiger partial charge in [0.25, 0.3) is 0 Å². The highest BCUT2D eigenvalue weighted by molar-refractivity contribution is 5.91. The molecule has 1 rings (SSSR count). The number of anilines is 1. The second-order valence-electron chi connectivity index (χ2n) is 4.54. The Morgan fingerprint density at radius 1 is 1.32 bits per heavy atom. The maximum Gasteiger partial charge on any atom is 0.573 e. The molecule has 0 unspecified atom stereocenters. The molecule has 0 atom stereocenters. The van der Waals surface area contributed by atoms with E-state index in [0.717, 1.165) is 18.9 Å². The largest absolute Gasteiger partial charge is 0.573 e. The number of nitrogens with one attached hydrogen (secondary N) is 1. The van der Waals surface area contributed by atoms with Crippen LogP contribution >= 0.6 is 0 Å². The van der Waals surface area contributed by atoms with Crippen LogP contribution in [0.25, 0.3) is 0 Å². The van der Waals surface area contributed by atoms with Crippen molar-refractivity contribution in [1.29, 1.82) is 0 Å². The van der Waals surface area contributed by atoms with Crippen molar-refractivity contribution >= 4 is 11.7 Å². The molecule has 0 aliphatic rings. The normalized spacial score (nSPS) is 11.1. The number of nitrogens with zero attached hydrogens (tertiary/aromatic N) is 1. The molecule has 0 bridgehead atoms. The third-order valence-corrected chi connectivity index (χ3v) is 2.79. The minimum Gasteiger partial charge on any atom is -0.404 e. The fraction of sp³-hybridized carbons (Fsp3) is 0.500. The van der Waals surface area contributed by atoms with Gasteiger partial charge in [-0.25, -0.2) is 4.79 Å². The van der Waals surface area contributed by atoms with Crippen LogP contribution in [0.5, 0.6) is 5.75 Å². The van der Waals surface area contributed by atoms with E-state index in [4.69, 9.17) is 5.11 Å². The molecular formula is C14H19F3N2O3. The van der Waals surface area contributed by atoms with Crippen LogP contribution in [0.15, 0.2) is 24.3 Å². The molecule has 2 N–H and O–H groups in total. The predicted octanol–water partition coefficient (Wildman–Crippen LogP) is 3.21. The van der Waals surface area contributed by atoms with Gasteiger partial charge in [-0.1, -0.05) is 25.5 Å². The number of rotatable bonds is 7. The van der Waals surface area contributed by atoms with Crippen LogP contribution in [0.2, 0.25) is 0 Å². The first-order chi connectivity index (χ1) is 10.4. The molecule has 8 heteroatoms. The van der Waals surface area contributed by atoms with Gasteiger partial charge in [0.05, 0.1) is 12.3 Å². The van der Waals surface area contributed by atoms with E-state index in [1.807, 2.05) is 6.92 Å². The van der Waals surface area contributed by atoms with Crippen molar-refractivity contribution < 1.29 is 27.8 Å². The van der Waals surface area contributed by atoms with Gasteiger partial charge in [-0.05, 0) is 18.6 Å². The van der Waals surface area contributed by atoms with Crippen LogP contribution in [0.3, 0.4) is 0 Å². The van der Waals surface area contributed by atoms with Gasteiger partial charge in [0, 0.05) is 13.1 Å². The lowest BCUT2D eigenvalue weighted by Crippen LogP contribution is -2.37. The topological polar surface area (TPSA) is 61.8 Å². The molecule has 2 amide bonds. The molecule has 1 aromatic carbocycles.